The van der Waals surface area contributed by atoms with Crippen LogP contribution >= 0.6 is 0 Å². The Kier molecular flexibility index (Phi) is 5.35. The average Bonchev–Trinajstić information content (AvgIpc) is 2.66. The van der Waals surface area contributed by atoms with Crippen molar-refractivity contribution < 1.29 is 14.1 Å². The lowest BCUT2D eigenvalue weighted by molar-refractivity contribution is -0.383. The van der Waals surface area contributed by atoms with Gasteiger partial charge >= 0.3 is 5.69 Å². The van der Waals surface area contributed by atoms with Gasteiger partial charge in [0.15, 0.2) is 0 Å². The molecule has 3 aromatic rings. The number of rotatable bonds is 6. The van der Waals surface area contributed by atoms with Gasteiger partial charge in [-0.15, -0.1) is 0 Å². The number of nitro groups is 1. The van der Waals surface area contributed by atoms with E-state index in [9.17, 15) is 19.3 Å². The van der Waals surface area contributed by atoms with Gasteiger partial charge in [-0.25, -0.2) is 19.3 Å². The van der Waals surface area contributed by atoms with Gasteiger partial charge in [-0.1, -0.05) is 0 Å². The molecular formula is C17H14FN7O3. The lowest BCUT2D eigenvalue weighted by Gasteiger charge is -2.11. The fourth-order valence-corrected chi connectivity index (χ4v) is 2.25. The largest absolute Gasteiger partial charge is 0.355 e. The van der Waals surface area contributed by atoms with Crippen molar-refractivity contribution >= 4 is 29.0 Å². The summed E-state index contributed by atoms with van der Waals surface area (Å²) < 4.78 is 12.9. The van der Waals surface area contributed by atoms with Crippen LogP contribution in [0, 0.1) is 22.9 Å². The molecule has 3 rings (SSSR count). The van der Waals surface area contributed by atoms with Crippen LogP contribution in [-0.4, -0.2) is 25.8 Å². The van der Waals surface area contributed by atoms with Crippen LogP contribution < -0.4 is 16.2 Å². The predicted molar refractivity (Wildman–Crippen MR) is 98.4 cm³/mol. The van der Waals surface area contributed by atoms with Crippen LogP contribution in [0.25, 0.3) is 0 Å². The van der Waals surface area contributed by atoms with Gasteiger partial charge in [-0.3, -0.25) is 25.8 Å². The topological polar surface area (TPSA) is 135 Å². The Morgan fingerprint density at radius 3 is 2.50 bits per heavy atom. The Balaban J connectivity index is 1.82. The van der Waals surface area contributed by atoms with Gasteiger partial charge in [0, 0.05) is 11.8 Å². The minimum absolute atomic E-state index is 0.100. The zero-order chi connectivity index (χ0) is 20.1. The molecule has 0 unspecified atom stereocenters. The van der Waals surface area contributed by atoms with Gasteiger partial charge in [0.25, 0.3) is 5.91 Å². The molecule has 2 heterocycles. The number of hydrogen-bond donors (Lipinski definition) is 3. The summed E-state index contributed by atoms with van der Waals surface area (Å²) in [7, 11) is 0. The van der Waals surface area contributed by atoms with E-state index >= 15 is 0 Å². The fourth-order valence-electron chi connectivity index (χ4n) is 2.25. The number of carbonyl (C=O) groups is 1. The first-order chi connectivity index (χ1) is 13.4. The zero-order valence-electron chi connectivity index (χ0n) is 14.5. The molecule has 10 nitrogen and oxygen atoms in total. The summed E-state index contributed by atoms with van der Waals surface area (Å²) in [6, 6.07) is 8.26. The lowest BCUT2D eigenvalue weighted by atomic mass is 10.2. The monoisotopic (exact) mass is 383 g/mol. The second-order valence-electron chi connectivity index (χ2n) is 5.61. The lowest BCUT2D eigenvalue weighted by Crippen LogP contribution is -2.30. The first-order valence-electron chi connectivity index (χ1n) is 7.95. The minimum atomic E-state index is -0.690. The van der Waals surface area contributed by atoms with Gasteiger partial charge < -0.3 is 5.32 Å². The molecule has 0 fully saturated rings. The highest BCUT2D eigenvalue weighted by Gasteiger charge is 2.24. The molecule has 3 N–H and O–H groups in total. The van der Waals surface area contributed by atoms with Crippen LogP contribution in [0.15, 0.2) is 48.9 Å². The van der Waals surface area contributed by atoms with Gasteiger partial charge in [0.05, 0.1) is 4.92 Å². The van der Waals surface area contributed by atoms with E-state index in [1.54, 1.807) is 18.3 Å². The van der Waals surface area contributed by atoms with Crippen molar-refractivity contribution in [3.05, 3.63) is 76.0 Å². The number of amides is 1. The van der Waals surface area contributed by atoms with Crippen molar-refractivity contribution in [2.24, 2.45) is 0 Å². The first kappa shape index (κ1) is 18.6. The van der Waals surface area contributed by atoms with Crippen molar-refractivity contribution in [1.29, 1.82) is 0 Å². The predicted octanol–water partition coefficient (Wildman–Crippen LogP) is 2.73. The Bertz CT molecular complexity index is 1030. The molecule has 2 aromatic heterocycles. The van der Waals surface area contributed by atoms with E-state index in [1.807, 2.05) is 6.92 Å². The summed E-state index contributed by atoms with van der Waals surface area (Å²) in [5.74, 6) is -1.08. The van der Waals surface area contributed by atoms with E-state index in [2.05, 4.69) is 31.1 Å². The van der Waals surface area contributed by atoms with Crippen molar-refractivity contribution in [1.82, 2.24) is 20.4 Å². The quantitative estimate of drug-likeness (QED) is 0.437. The van der Waals surface area contributed by atoms with Crippen LogP contribution in [0.1, 0.15) is 15.9 Å². The molecular weight excluding hydrogens is 369 g/mol. The molecule has 0 saturated heterocycles. The molecule has 11 heteroatoms. The number of nitrogens with zero attached hydrogens (tertiary/aromatic N) is 4. The van der Waals surface area contributed by atoms with E-state index < -0.39 is 22.3 Å². The number of aromatic nitrogens is 3. The maximum atomic E-state index is 12.9. The normalized spacial score (nSPS) is 10.2. The highest BCUT2D eigenvalue weighted by molar-refractivity contribution is 5.95. The second-order valence-corrected chi connectivity index (χ2v) is 5.61. The van der Waals surface area contributed by atoms with E-state index in [0.29, 0.717) is 5.82 Å². The molecule has 28 heavy (non-hydrogen) atoms. The van der Waals surface area contributed by atoms with Gasteiger partial charge in [0.2, 0.25) is 11.6 Å². The van der Waals surface area contributed by atoms with Crippen molar-refractivity contribution in [2.75, 3.05) is 10.7 Å². The fraction of sp³-hybridized carbons (Fsp3) is 0.0588. The highest BCUT2D eigenvalue weighted by atomic mass is 19.1. The van der Waals surface area contributed by atoms with Gasteiger partial charge in [-0.2, -0.15) is 0 Å². The maximum Gasteiger partial charge on any atom is 0.355 e. The van der Waals surface area contributed by atoms with E-state index in [-0.39, 0.29) is 17.2 Å². The summed E-state index contributed by atoms with van der Waals surface area (Å²) in [5, 5.41) is 14.3. The Labute approximate surface area is 158 Å². The maximum absolute atomic E-state index is 12.9. The molecule has 0 aliphatic carbocycles. The second kappa shape index (κ2) is 8.03. The summed E-state index contributed by atoms with van der Waals surface area (Å²) >= 11 is 0. The average molecular weight is 383 g/mol. The Hall–Kier alpha value is -4.15. The number of benzene rings is 1. The Morgan fingerprint density at radius 1 is 1.11 bits per heavy atom. The number of hydrogen-bond acceptors (Lipinski definition) is 8. The molecule has 1 aromatic carbocycles. The number of anilines is 3. The number of nitrogens with one attached hydrogen (secondary N) is 3. The third-order valence-corrected chi connectivity index (χ3v) is 3.57. The Morgan fingerprint density at radius 2 is 1.82 bits per heavy atom. The van der Waals surface area contributed by atoms with Gasteiger partial charge in [0.1, 0.15) is 18.0 Å². The van der Waals surface area contributed by atoms with E-state index in [0.717, 1.165) is 24.0 Å². The number of pyridine rings is 1. The molecule has 142 valence electrons. The van der Waals surface area contributed by atoms with Gasteiger partial charge in [-0.05, 0) is 48.9 Å². The van der Waals surface area contributed by atoms with Crippen LogP contribution in [0.5, 0.6) is 0 Å². The zero-order valence-corrected chi connectivity index (χ0v) is 14.5. The van der Waals surface area contributed by atoms with Crippen LogP contribution in [0.2, 0.25) is 0 Å². The molecule has 0 bridgehead atoms. The third kappa shape index (κ3) is 4.33. The summed E-state index contributed by atoms with van der Waals surface area (Å²) in [5.41, 5.74) is 5.26. The van der Waals surface area contributed by atoms with Crippen molar-refractivity contribution in [2.45, 2.75) is 6.92 Å². The molecule has 0 spiro atoms. The molecule has 0 radical (unpaired) electrons. The van der Waals surface area contributed by atoms with E-state index in [1.165, 1.54) is 12.1 Å². The molecule has 0 aliphatic heterocycles. The number of aryl methyl sites for hydroxylation is 1. The smallest absolute Gasteiger partial charge is 0.319 e. The minimum Gasteiger partial charge on any atom is -0.319 e. The van der Waals surface area contributed by atoms with Crippen LogP contribution in [0.4, 0.5) is 27.5 Å². The number of hydrazine groups is 1. The number of carbonyl (C=O) groups excluding carboxylic acids is 1. The SMILES string of the molecule is Cc1ccnc(Nc2ncnc(NNC(=O)c3ccc(F)cc3)c2[N+](=O)[O-])c1. The highest BCUT2D eigenvalue weighted by Crippen LogP contribution is 2.30. The summed E-state index contributed by atoms with van der Waals surface area (Å²) in [6.45, 7) is 1.85. The third-order valence-electron chi connectivity index (χ3n) is 3.57. The molecule has 1 amide bonds. The van der Waals surface area contributed by atoms with E-state index in [4.69, 9.17) is 0 Å². The van der Waals surface area contributed by atoms with Crippen molar-refractivity contribution in [3.63, 3.8) is 0 Å². The van der Waals surface area contributed by atoms with Crippen LogP contribution in [-0.2, 0) is 0 Å². The summed E-state index contributed by atoms with van der Waals surface area (Å²) in [6.07, 6.45) is 2.64. The van der Waals surface area contributed by atoms with Crippen molar-refractivity contribution in [3.8, 4) is 0 Å². The molecule has 0 saturated carbocycles. The number of halogens is 1. The molecule has 0 aliphatic rings. The summed E-state index contributed by atoms with van der Waals surface area (Å²) in [4.78, 5) is 34.7. The first-order valence-corrected chi connectivity index (χ1v) is 7.95. The standard InChI is InChI=1S/C17H14FN7O3/c1-10-6-7-19-13(8-10)22-15-14(25(27)28)16(21-9-20-15)23-24-17(26)11-2-4-12(18)5-3-11/h2-9H,1H3,(H,24,26)(H2,19,20,21,22,23). The van der Waals surface area contributed by atoms with Crippen LogP contribution in [0.3, 0.4) is 0 Å². The molecule has 0 atom stereocenters.